The van der Waals surface area contributed by atoms with Crippen LogP contribution in [0.4, 0.5) is 5.69 Å². The monoisotopic (exact) mass is 348 g/mol. The second kappa shape index (κ2) is 7.12. The first-order valence-corrected chi connectivity index (χ1v) is 8.78. The molecular formula is C21H24N4O. The topological polar surface area (TPSA) is 59.8 Å². The van der Waals surface area contributed by atoms with Crippen LogP contribution >= 0.6 is 0 Å². The highest BCUT2D eigenvalue weighted by molar-refractivity contribution is 6.04. The minimum Gasteiger partial charge on any atom is -0.320 e. The Bertz CT molecular complexity index is 939. The number of carbonyl (C=O) groups excluding carboxylic acids is 1. The molecule has 0 bridgehead atoms. The summed E-state index contributed by atoms with van der Waals surface area (Å²) in [6, 6.07) is 14.0. The molecule has 0 aliphatic heterocycles. The molecule has 1 aromatic heterocycles. The zero-order valence-electron chi connectivity index (χ0n) is 15.9. The molecule has 5 heteroatoms. The molecule has 0 fully saturated rings. The van der Waals surface area contributed by atoms with Crippen molar-refractivity contribution in [2.24, 2.45) is 0 Å². The van der Waals surface area contributed by atoms with Crippen LogP contribution in [-0.4, -0.2) is 20.9 Å². The molecule has 1 amide bonds. The largest absolute Gasteiger partial charge is 0.320 e. The van der Waals surface area contributed by atoms with Gasteiger partial charge in [-0.1, -0.05) is 43.3 Å². The lowest BCUT2D eigenvalue weighted by Crippen LogP contribution is -2.15. The van der Waals surface area contributed by atoms with E-state index in [1.165, 1.54) is 5.56 Å². The third-order valence-corrected chi connectivity index (χ3v) is 4.77. The van der Waals surface area contributed by atoms with E-state index in [2.05, 4.69) is 41.6 Å². The lowest BCUT2D eigenvalue weighted by Gasteiger charge is -2.10. The number of aromatic nitrogens is 3. The molecular weight excluding hydrogens is 324 g/mol. The molecule has 3 aromatic rings. The van der Waals surface area contributed by atoms with Crippen molar-refractivity contribution < 1.29 is 4.79 Å². The molecule has 134 valence electrons. The van der Waals surface area contributed by atoms with Crippen LogP contribution in [0, 0.1) is 20.8 Å². The van der Waals surface area contributed by atoms with Crippen molar-refractivity contribution in [3.05, 3.63) is 70.5 Å². The normalized spacial score (nSPS) is 11.0. The molecule has 0 saturated carbocycles. The molecule has 2 aromatic carbocycles. The summed E-state index contributed by atoms with van der Waals surface area (Å²) in [4.78, 5) is 12.7. The van der Waals surface area contributed by atoms with Crippen LogP contribution in [0.2, 0.25) is 0 Å². The van der Waals surface area contributed by atoms with E-state index in [1.807, 2.05) is 51.1 Å². The first-order valence-electron chi connectivity index (χ1n) is 8.78. The van der Waals surface area contributed by atoms with Crippen LogP contribution in [-0.2, 0) is 0 Å². The number of rotatable bonds is 4. The number of aryl methyl sites for hydroxylation is 1. The average Bonchev–Trinajstić information content (AvgIpc) is 3.00. The lowest BCUT2D eigenvalue weighted by atomic mass is 10.0. The van der Waals surface area contributed by atoms with E-state index in [-0.39, 0.29) is 5.91 Å². The fourth-order valence-electron chi connectivity index (χ4n) is 2.85. The van der Waals surface area contributed by atoms with E-state index in [9.17, 15) is 4.79 Å². The van der Waals surface area contributed by atoms with Gasteiger partial charge in [-0.15, -0.1) is 5.10 Å². The van der Waals surface area contributed by atoms with E-state index in [0.29, 0.717) is 17.3 Å². The average molecular weight is 348 g/mol. The van der Waals surface area contributed by atoms with Crippen molar-refractivity contribution in [1.29, 1.82) is 0 Å². The molecule has 5 nitrogen and oxygen atoms in total. The molecule has 0 aliphatic rings. The fraction of sp³-hybridized carbons (Fsp3) is 0.286. The van der Waals surface area contributed by atoms with E-state index in [4.69, 9.17) is 0 Å². The van der Waals surface area contributed by atoms with Gasteiger partial charge in [-0.3, -0.25) is 4.79 Å². The zero-order chi connectivity index (χ0) is 18.8. The summed E-state index contributed by atoms with van der Waals surface area (Å²) in [5.41, 5.74) is 6.18. The predicted molar refractivity (Wildman–Crippen MR) is 104 cm³/mol. The van der Waals surface area contributed by atoms with Gasteiger partial charge in [0.2, 0.25) is 0 Å². The smallest absolute Gasteiger partial charge is 0.278 e. The summed E-state index contributed by atoms with van der Waals surface area (Å²) >= 11 is 0. The van der Waals surface area contributed by atoms with Crippen LogP contribution in [0.1, 0.15) is 52.6 Å². The Morgan fingerprint density at radius 1 is 1.04 bits per heavy atom. The van der Waals surface area contributed by atoms with E-state index in [0.717, 1.165) is 22.5 Å². The summed E-state index contributed by atoms with van der Waals surface area (Å²) in [6.45, 7) is 10.2. The number of hydrogen-bond donors (Lipinski definition) is 1. The van der Waals surface area contributed by atoms with E-state index >= 15 is 0 Å². The second-order valence-electron chi connectivity index (χ2n) is 6.88. The van der Waals surface area contributed by atoms with Gasteiger partial charge in [0.1, 0.15) is 0 Å². The molecule has 3 rings (SSSR count). The van der Waals surface area contributed by atoms with Crippen LogP contribution in [0.15, 0.2) is 42.5 Å². The Morgan fingerprint density at radius 3 is 2.38 bits per heavy atom. The summed E-state index contributed by atoms with van der Waals surface area (Å²) in [7, 11) is 0. The number of hydrogen-bond acceptors (Lipinski definition) is 3. The van der Waals surface area contributed by atoms with E-state index in [1.54, 1.807) is 4.68 Å². The van der Waals surface area contributed by atoms with Crippen molar-refractivity contribution in [2.75, 3.05) is 5.32 Å². The fourth-order valence-corrected chi connectivity index (χ4v) is 2.85. The SMILES string of the molecule is Cc1cccc(NC(=O)c2nnn(-c3ccc(C(C)C)cc3)c2C)c1C. The molecule has 0 atom stereocenters. The summed E-state index contributed by atoms with van der Waals surface area (Å²) in [5.74, 6) is 0.223. The standard InChI is InChI=1S/C21H24N4O/c1-13(2)17-9-11-18(12-10-17)25-16(5)20(23-24-25)21(26)22-19-8-6-7-14(3)15(19)4/h6-13H,1-5H3,(H,22,26). The minimum absolute atomic E-state index is 0.249. The number of nitrogens with zero attached hydrogens (tertiary/aromatic N) is 3. The van der Waals surface area contributed by atoms with Crippen LogP contribution < -0.4 is 5.32 Å². The second-order valence-corrected chi connectivity index (χ2v) is 6.88. The van der Waals surface area contributed by atoms with Crippen molar-refractivity contribution in [3.8, 4) is 5.69 Å². The van der Waals surface area contributed by atoms with Crippen molar-refractivity contribution in [1.82, 2.24) is 15.0 Å². The number of carbonyl (C=O) groups is 1. The van der Waals surface area contributed by atoms with Gasteiger partial charge in [-0.2, -0.15) is 0 Å². The summed E-state index contributed by atoms with van der Waals surface area (Å²) < 4.78 is 1.70. The number of anilines is 1. The molecule has 0 spiro atoms. The van der Waals surface area contributed by atoms with Crippen LogP contribution in [0.5, 0.6) is 0 Å². The Labute approximate surface area is 154 Å². The quantitative estimate of drug-likeness (QED) is 0.751. The third kappa shape index (κ3) is 3.38. The Kier molecular flexibility index (Phi) is 4.89. The Hall–Kier alpha value is -2.95. The van der Waals surface area contributed by atoms with E-state index < -0.39 is 0 Å². The highest BCUT2D eigenvalue weighted by atomic mass is 16.2. The molecule has 1 heterocycles. The highest BCUT2D eigenvalue weighted by Crippen LogP contribution is 2.21. The van der Waals surface area contributed by atoms with Crippen molar-refractivity contribution in [2.45, 2.75) is 40.5 Å². The van der Waals surface area contributed by atoms with Crippen LogP contribution in [0.25, 0.3) is 5.69 Å². The van der Waals surface area contributed by atoms with Gasteiger partial charge >= 0.3 is 0 Å². The Balaban J connectivity index is 1.86. The third-order valence-electron chi connectivity index (χ3n) is 4.77. The lowest BCUT2D eigenvalue weighted by molar-refractivity contribution is 0.102. The van der Waals surface area contributed by atoms with Crippen LogP contribution in [0.3, 0.4) is 0 Å². The molecule has 0 unspecified atom stereocenters. The predicted octanol–water partition coefficient (Wildman–Crippen LogP) is 4.57. The van der Waals surface area contributed by atoms with Gasteiger partial charge in [-0.25, -0.2) is 4.68 Å². The highest BCUT2D eigenvalue weighted by Gasteiger charge is 2.18. The van der Waals surface area contributed by atoms with Gasteiger partial charge in [0.05, 0.1) is 11.4 Å². The summed E-state index contributed by atoms with van der Waals surface area (Å²) in [6.07, 6.45) is 0. The summed E-state index contributed by atoms with van der Waals surface area (Å²) in [5, 5.41) is 11.2. The minimum atomic E-state index is -0.249. The first-order chi connectivity index (χ1) is 12.4. The van der Waals surface area contributed by atoms with Gasteiger partial charge in [-0.05, 0) is 61.6 Å². The maximum absolute atomic E-state index is 12.7. The zero-order valence-corrected chi connectivity index (χ0v) is 15.9. The van der Waals surface area contributed by atoms with Crippen molar-refractivity contribution in [3.63, 3.8) is 0 Å². The maximum atomic E-state index is 12.7. The van der Waals surface area contributed by atoms with Gasteiger partial charge in [0.25, 0.3) is 5.91 Å². The maximum Gasteiger partial charge on any atom is 0.278 e. The first kappa shape index (κ1) is 17.9. The van der Waals surface area contributed by atoms with Gasteiger partial charge < -0.3 is 5.32 Å². The van der Waals surface area contributed by atoms with Gasteiger partial charge in [0, 0.05) is 5.69 Å². The molecule has 0 aliphatic carbocycles. The molecule has 26 heavy (non-hydrogen) atoms. The molecule has 0 saturated heterocycles. The molecule has 1 N–H and O–H groups in total. The van der Waals surface area contributed by atoms with Crippen molar-refractivity contribution >= 4 is 11.6 Å². The number of nitrogens with one attached hydrogen (secondary N) is 1. The number of amides is 1. The molecule has 0 radical (unpaired) electrons. The Morgan fingerprint density at radius 2 is 1.73 bits per heavy atom. The van der Waals surface area contributed by atoms with Gasteiger partial charge in [0.15, 0.2) is 5.69 Å². The number of benzene rings is 2.